The summed E-state index contributed by atoms with van der Waals surface area (Å²) in [5.74, 6) is 0.887. The number of rotatable bonds is 10. The van der Waals surface area contributed by atoms with Crippen molar-refractivity contribution < 1.29 is 19.2 Å². The fraction of sp³-hybridized carbons (Fsp3) is 0.250. The molecule has 9 nitrogen and oxygen atoms in total. The zero-order valence-corrected chi connectivity index (χ0v) is 23.6. The predicted molar refractivity (Wildman–Crippen MR) is 154 cm³/mol. The zero-order chi connectivity index (χ0) is 28.0. The third kappa shape index (κ3) is 7.55. The van der Waals surface area contributed by atoms with Crippen LogP contribution in [0.15, 0.2) is 75.0 Å². The average molecular weight is 565 g/mol. The number of aromatic nitrogens is 1. The lowest BCUT2D eigenvalue weighted by molar-refractivity contribution is -0.387. The number of amides is 1. The fourth-order valence-electron chi connectivity index (χ4n) is 3.53. The van der Waals surface area contributed by atoms with Crippen molar-refractivity contribution in [2.45, 2.75) is 42.3 Å². The topological polar surface area (TPSA) is 116 Å². The van der Waals surface area contributed by atoms with Crippen molar-refractivity contribution in [3.05, 3.63) is 81.9 Å². The minimum absolute atomic E-state index is 0.0281. The van der Waals surface area contributed by atoms with Crippen molar-refractivity contribution in [3.63, 3.8) is 0 Å². The largest absolute Gasteiger partial charge is 0.494 e. The molecule has 11 heteroatoms. The number of ether oxygens (including phenoxy) is 2. The van der Waals surface area contributed by atoms with E-state index in [-0.39, 0.29) is 17.7 Å². The van der Waals surface area contributed by atoms with Gasteiger partial charge in [-0.3, -0.25) is 14.9 Å². The molecule has 202 valence electrons. The Labute approximate surface area is 234 Å². The van der Waals surface area contributed by atoms with Gasteiger partial charge in [0.25, 0.3) is 11.6 Å². The smallest absolute Gasteiger partial charge is 0.283 e. The Bertz CT molecular complexity index is 1510. The number of fused-ring (bicyclic) bond motifs is 1. The summed E-state index contributed by atoms with van der Waals surface area (Å²) in [6.45, 7) is 8.64. The van der Waals surface area contributed by atoms with Crippen LogP contribution in [0, 0.1) is 10.1 Å². The molecule has 0 aliphatic carbocycles. The van der Waals surface area contributed by atoms with Crippen molar-refractivity contribution >= 4 is 51.1 Å². The molecule has 0 fully saturated rings. The quantitative estimate of drug-likeness (QED) is 0.131. The van der Waals surface area contributed by atoms with Crippen molar-refractivity contribution in [2.75, 3.05) is 13.2 Å². The van der Waals surface area contributed by atoms with E-state index < -0.39 is 10.8 Å². The molecule has 1 amide bonds. The number of thiazole rings is 1. The van der Waals surface area contributed by atoms with Crippen molar-refractivity contribution in [3.8, 4) is 11.5 Å². The zero-order valence-electron chi connectivity index (χ0n) is 22.0. The number of carbonyl (C=O) groups excluding carboxylic acids is 1. The van der Waals surface area contributed by atoms with Crippen LogP contribution in [0.2, 0.25) is 0 Å². The van der Waals surface area contributed by atoms with Gasteiger partial charge in [0.2, 0.25) is 0 Å². The summed E-state index contributed by atoms with van der Waals surface area (Å²) in [5.41, 5.74) is 4.77. The van der Waals surface area contributed by atoms with Gasteiger partial charge in [-0.1, -0.05) is 50.7 Å². The summed E-state index contributed by atoms with van der Waals surface area (Å²) in [6, 6.07) is 18.0. The number of hydrazone groups is 1. The maximum absolute atomic E-state index is 12.1. The van der Waals surface area contributed by atoms with E-state index in [1.54, 1.807) is 12.1 Å². The Morgan fingerprint density at radius 1 is 1.10 bits per heavy atom. The van der Waals surface area contributed by atoms with Crippen molar-refractivity contribution in [2.24, 2.45) is 5.10 Å². The highest BCUT2D eigenvalue weighted by Gasteiger charge is 2.18. The summed E-state index contributed by atoms with van der Waals surface area (Å²) >= 11 is 2.67. The number of nitro groups is 1. The van der Waals surface area contributed by atoms with E-state index in [0.717, 1.165) is 16.0 Å². The molecule has 39 heavy (non-hydrogen) atoms. The van der Waals surface area contributed by atoms with Gasteiger partial charge < -0.3 is 9.47 Å². The highest BCUT2D eigenvalue weighted by molar-refractivity contribution is 8.01. The number of nitro benzene ring substituents is 1. The molecular weight excluding hydrogens is 536 g/mol. The first-order valence-electron chi connectivity index (χ1n) is 12.2. The SMILES string of the molecule is CCOc1ccc2nc(Sc3ccc(/C=N\NC(=O)COc4ccc(C(C)(C)C)cc4)cc3[N+](=O)[O-])sc2c1. The molecule has 0 radical (unpaired) electrons. The number of hydrogen-bond acceptors (Lipinski definition) is 9. The second-order valence-electron chi connectivity index (χ2n) is 9.48. The standard InChI is InChI=1S/C28H28N4O5S2/c1-5-36-21-11-12-22-25(15-21)39-27(30-22)38-24-13-6-18(14-23(24)32(34)35)16-29-31-26(33)17-37-20-9-7-19(8-10-20)28(2,3)4/h6-16H,5,17H2,1-4H3,(H,31,33)/b29-16-. The van der Waals surface area contributed by atoms with Gasteiger partial charge in [-0.2, -0.15) is 5.10 Å². The van der Waals surface area contributed by atoms with Gasteiger partial charge in [0.1, 0.15) is 11.5 Å². The highest BCUT2D eigenvalue weighted by atomic mass is 32.2. The highest BCUT2D eigenvalue weighted by Crippen LogP contribution is 2.39. The van der Waals surface area contributed by atoms with Crippen molar-refractivity contribution in [1.82, 2.24) is 10.4 Å². The summed E-state index contributed by atoms with van der Waals surface area (Å²) in [5, 5.41) is 15.7. The molecule has 0 saturated heterocycles. The maximum atomic E-state index is 12.1. The van der Waals surface area contributed by atoms with Gasteiger partial charge in [-0.05, 0) is 54.3 Å². The lowest BCUT2D eigenvalue weighted by Crippen LogP contribution is -2.24. The first-order chi connectivity index (χ1) is 18.6. The molecule has 0 spiro atoms. The summed E-state index contributed by atoms with van der Waals surface area (Å²) in [7, 11) is 0. The molecular formula is C28H28N4O5S2. The van der Waals surface area contributed by atoms with E-state index in [1.165, 1.54) is 40.9 Å². The van der Waals surface area contributed by atoms with Gasteiger partial charge in [0, 0.05) is 11.6 Å². The Kier molecular flexibility index (Phi) is 8.82. The second-order valence-corrected chi connectivity index (χ2v) is 11.8. The molecule has 4 rings (SSSR count). The van der Waals surface area contributed by atoms with Crippen LogP contribution in [0.1, 0.15) is 38.8 Å². The fourth-order valence-corrected chi connectivity index (χ4v) is 5.67. The Morgan fingerprint density at radius 3 is 2.54 bits per heavy atom. The van der Waals surface area contributed by atoms with Gasteiger partial charge in [0.15, 0.2) is 10.9 Å². The summed E-state index contributed by atoms with van der Waals surface area (Å²) < 4.78 is 12.7. The van der Waals surface area contributed by atoms with Crippen LogP contribution in [0.25, 0.3) is 10.2 Å². The number of hydrogen-bond donors (Lipinski definition) is 1. The van der Waals surface area contributed by atoms with E-state index in [0.29, 0.717) is 27.2 Å². The van der Waals surface area contributed by atoms with Gasteiger partial charge in [0.05, 0.1) is 32.9 Å². The van der Waals surface area contributed by atoms with E-state index >= 15 is 0 Å². The molecule has 3 aromatic carbocycles. The van der Waals surface area contributed by atoms with Crippen LogP contribution < -0.4 is 14.9 Å². The third-order valence-electron chi connectivity index (χ3n) is 5.52. The minimum Gasteiger partial charge on any atom is -0.494 e. The molecule has 4 aromatic rings. The van der Waals surface area contributed by atoms with Gasteiger partial charge >= 0.3 is 0 Å². The average Bonchev–Trinajstić information content (AvgIpc) is 3.29. The van der Waals surface area contributed by atoms with Crippen LogP contribution in [-0.4, -0.2) is 35.2 Å². The van der Waals surface area contributed by atoms with Crippen LogP contribution in [0.4, 0.5) is 5.69 Å². The Morgan fingerprint density at radius 2 is 1.85 bits per heavy atom. The lowest BCUT2D eigenvalue weighted by Gasteiger charge is -2.19. The third-order valence-corrected chi connectivity index (χ3v) is 7.67. The number of benzene rings is 3. The van der Waals surface area contributed by atoms with Crippen LogP contribution in [-0.2, 0) is 10.2 Å². The predicted octanol–water partition coefficient (Wildman–Crippen LogP) is 6.58. The summed E-state index contributed by atoms with van der Waals surface area (Å²) in [6.07, 6.45) is 1.35. The molecule has 1 aromatic heterocycles. The van der Waals surface area contributed by atoms with E-state index in [9.17, 15) is 14.9 Å². The van der Waals surface area contributed by atoms with E-state index in [1.807, 2.05) is 49.4 Å². The normalized spacial score (nSPS) is 11.6. The van der Waals surface area contributed by atoms with Gasteiger partial charge in [-0.15, -0.1) is 11.3 Å². The molecule has 1 heterocycles. The first-order valence-corrected chi connectivity index (χ1v) is 13.8. The van der Waals surface area contributed by atoms with Crippen molar-refractivity contribution in [1.29, 1.82) is 0 Å². The second kappa shape index (κ2) is 12.3. The number of nitrogens with one attached hydrogen (secondary N) is 1. The van der Waals surface area contributed by atoms with E-state index in [2.05, 4.69) is 36.3 Å². The maximum Gasteiger partial charge on any atom is 0.283 e. The molecule has 0 aliphatic heterocycles. The van der Waals surface area contributed by atoms with Crippen LogP contribution in [0.3, 0.4) is 0 Å². The molecule has 1 N–H and O–H groups in total. The molecule has 0 bridgehead atoms. The van der Waals surface area contributed by atoms with Crippen LogP contribution >= 0.6 is 23.1 Å². The van der Waals surface area contributed by atoms with Gasteiger partial charge in [-0.25, -0.2) is 10.4 Å². The number of nitrogens with zero attached hydrogens (tertiary/aromatic N) is 3. The molecule has 0 unspecified atom stereocenters. The Hall–Kier alpha value is -3.96. The molecule has 0 atom stereocenters. The lowest BCUT2D eigenvalue weighted by atomic mass is 9.87. The summed E-state index contributed by atoms with van der Waals surface area (Å²) in [4.78, 5) is 28.5. The van der Waals surface area contributed by atoms with E-state index in [4.69, 9.17) is 9.47 Å². The minimum atomic E-state index is -0.448. The first kappa shape index (κ1) is 28.1. The molecule has 0 saturated carbocycles. The van der Waals surface area contributed by atoms with Crippen LogP contribution in [0.5, 0.6) is 11.5 Å². The number of carbonyl (C=O) groups is 1. The monoisotopic (exact) mass is 564 g/mol. The Balaban J connectivity index is 1.36. The molecule has 0 aliphatic rings.